The molecule has 6 rings (SSSR count). The summed E-state index contributed by atoms with van der Waals surface area (Å²) < 4.78 is 6.70. The van der Waals surface area contributed by atoms with Crippen molar-refractivity contribution in [2.45, 2.75) is 51.7 Å². The van der Waals surface area contributed by atoms with Crippen molar-refractivity contribution < 1.29 is 28.7 Å². The van der Waals surface area contributed by atoms with Gasteiger partial charge in [0.1, 0.15) is 18.0 Å². The second kappa shape index (κ2) is 15.9. The van der Waals surface area contributed by atoms with Gasteiger partial charge < -0.3 is 25.6 Å². The Balaban J connectivity index is 1.16. The number of hydrogen-bond acceptors (Lipinski definition) is 10. The average Bonchev–Trinajstić information content (AvgIpc) is 3.76. The van der Waals surface area contributed by atoms with Gasteiger partial charge in [-0.1, -0.05) is 23.7 Å². The highest BCUT2D eigenvalue weighted by Crippen LogP contribution is 2.30. The fourth-order valence-corrected chi connectivity index (χ4v) is 5.98. The summed E-state index contributed by atoms with van der Waals surface area (Å²) in [5, 5.41) is 19.2. The third kappa shape index (κ3) is 10.0. The van der Waals surface area contributed by atoms with E-state index in [2.05, 4.69) is 36.4 Å². The van der Waals surface area contributed by atoms with Crippen LogP contribution in [0.25, 0.3) is 5.69 Å². The van der Waals surface area contributed by atoms with E-state index in [0.717, 1.165) is 18.8 Å². The maximum Gasteiger partial charge on any atom is 0.338 e. The minimum absolute atomic E-state index is 0.0112. The molecule has 1 saturated heterocycles. The Kier molecular flexibility index (Phi) is 11.1. The van der Waals surface area contributed by atoms with Gasteiger partial charge in [0, 0.05) is 42.5 Å². The van der Waals surface area contributed by atoms with Crippen LogP contribution in [0, 0.1) is 5.92 Å². The number of nitrogens with one attached hydrogen (secondary N) is 3. The molecule has 3 N–H and O–H groups in total. The summed E-state index contributed by atoms with van der Waals surface area (Å²) in [5.74, 6) is -2.54. The van der Waals surface area contributed by atoms with Gasteiger partial charge in [-0.25, -0.2) is 4.79 Å². The molecule has 1 aliphatic heterocycles. The lowest BCUT2D eigenvalue weighted by Gasteiger charge is -2.34. The predicted molar refractivity (Wildman–Crippen MR) is 197 cm³/mol. The van der Waals surface area contributed by atoms with Crippen LogP contribution in [0.5, 0.6) is 0 Å². The maximum absolute atomic E-state index is 13.7. The number of aromatic nitrogens is 4. The van der Waals surface area contributed by atoms with E-state index in [1.54, 1.807) is 62.1 Å². The van der Waals surface area contributed by atoms with Crippen molar-refractivity contribution in [3.8, 4) is 5.69 Å². The lowest BCUT2D eigenvalue weighted by molar-refractivity contribution is -0.137. The molecule has 276 valence electrons. The summed E-state index contributed by atoms with van der Waals surface area (Å²) in [7, 11) is 0. The van der Waals surface area contributed by atoms with Crippen molar-refractivity contribution >= 4 is 58.3 Å². The smallest absolute Gasteiger partial charge is 0.338 e. The Morgan fingerprint density at radius 2 is 1.68 bits per heavy atom. The van der Waals surface area contributed by atoms with Crippen LogP contribution in [0.2, 0.25) is 5.02 Å². The molecule has 0 bridgehead atoms. The molecule has 1 atom stereocenters. The molecule has 16 heteroatoms. The Bertz CT molecular complexity index is 1980. The highest BCUT2D eigenvalue weighted by molar-refractivity contribution is 6.40. The number of esters is 1. The lowest BCUT2D eigenvalue weighted by atomic mass is 10.0. The standard InChI is InChI=1S/C37H40ClN9O6/c1-37(2,3)53-36(52)25-8-11-27(12-9-25)40-33(49)30(42-35(51)34(50)41-29-19-26(38)10-15-31(29)47-22-39-43-44-47)18-23-6-13-28(14-7-23)46-17-16-45(21-32(46)48)20-24-4-5-24/h6-15,19,22,24,30H,4-5,16-18,20-21H2,1-3H3,(H,40,49)(H,41,50)(H,42,51)/t30-/m0/s1. The van der Waals surface area contributed by atoms with Crippen molar-refractivity contribution in [1.82, 2.24) is 30.4 Å². The quantitative estimate of drug-likeness (QED) is 0.152. The highest BCUT2D eigenvalue weighted by atomic mass is 35.5. The molecular formula is C37H40ClN9O6. The van der Waals surface area contributed by atoms with Crippen LogP contribution in [0.4, 0.5) is 17.1 Å². The number of nitrogens with zero attached hydrogens (tertiary/aromatic N) is 6. The second-order valence-corrected chi connectivity index (χ2v) is 14.5. The van der Waals surface area contributed by atoms with E-state index >= 15 is 0 Å². The van der Waals surface area contributed by atoms with Crippen LogP contribution in [0.1, 0.15) is 49.5 Å². The largest absolute Gasteiger partial charge is 0.456 e. The minimum atomic E-state index is -1.21. The molecule has 53 heavy (non-hydrogen) atoms. The molecule has 4 amide bonds. The van der Waals surface area contributed by atoms with E-state index < -0.39 is 35.3 Å². The number of tetrazole rings is 1. The van der Waals surface area contributed by atoms with E-state index in [1.165, 1.54) is 42.0 Å². The first-order valence-electron chi connectivity index (χ1n) is 17.2. The molecule has 0 radical (unpaired) electrons. The fourth-order valence-electron chi connectivity index (χ4n) is 5.81. The number of piperazine rings is 1. The SMILES string of the molecule is CC(C)(C)OC(=O)c1ccc(NC(=O)[C@H](Cc2ccc(N3CCN(CC4CC4)CC3=O)cc2)NC(=O)C(=O)Nc2cc(Cl)ccc2-n2cnnn2)cc1. The molecule has 0 spiro atoms. The van der Waals surface area contributed by atoms with Crippen molar-refractivity contribution in [3.05, 3.63) is 89.2 Å². The molecule has 2 heterocycles. The topological polar surface area (TPSA) is 181 Å². The fraction of sp³-hybridized carbons (Fsp3) is 0.351. The molecule has 1 saturated carbocycles. The van der Waals surface area contributed by atoms with Crippen molar-refractivity contribution in [2.24, 2.45) is 5.92 Å². The molecule has 3 aromatic carbocycles. The zero-order chi connectivity index (χ0) is 37.7. The van der Waals surface area contributed by atoms with Gasteiger partial charge in [0.05, 0.1) is 23.5 Å². The second-order valence-electron chi connectivity index (χ2n) is 14.1. The Hall–Kier alpha value is -5.67. The number of halogens is 1. The van der Waals surface area contributed by atoms with E-state index in [4.69, 9.17) is 16.3 Å². The average molecular weight is 742 g/mol. The van der Waals surface area contributed by atoms with Crippen molar-refractivity contribution in [1.29, 1.82) is 0 Å². The van der Waals surface area contributed by atoms with Gasteiger partial charge in [0.2, 0.25) is 11.8 Å². The molecule has 1 aromatic heterocycles. The van der Waals surface area contributed by atoms with Gasteiger partial charge in [-0.3, -0.25) is 24.1 Å². The summed E-state index contributed by atoms with van der Waals surface area (Å²) in [5.41, 5.74) is 1.89. The number of amides is 4. The van der Waals surface area contributed by atoms with E-state index in [9.17, 15) is 24.0 Å². The molecule has 2 aliphatic rings. The summed E-state index contributed by atoms with van der Waals surface area (Å²) >= 11 is 6.17. The van der Waals surface area contributed by atoms with Crippen LogP contribution in [-0.2, 0) is 30.3 Å². The van der Waals surface area contributed by atoms with Crippen LogP contribution >= 0.6 is 11.6 Å². The molecular weight excluding hydrogens is 702 g/mol. The third-order valence-electron chi connectivity index (χ3n) is 8.62. The molecule has 1 aliphatic carbocycles. The first-order chi connectivity index (χ1) is 25.3. The summed E-state index contributed by atoms with van der Waals surface area (Å²) in [6, 6.07) is 16.7. The highest BCUT2D eigenvalue weighted by Gasteiger charge is 2.31. The minimum Gasteiger partial charge on any atom is -0.456 e. The first-order valence-corrected chi connectivity index (χ1v) is 17.6. The number of hydrogen-bond donors (Lipinski definition) is 3. The van der Waals surface area contributed by atoms with Gasteiger partial charge in [0.15, 0.2) is 0 Å². The molecule has 2 fully saturated rings. The van der Waals surface area contributed by atoms with Gasteiger partial charge in [-0.2, -0.15) is 4.68 Å². The molecule has 4 aromatic rings. The number of carbonyl (C=O) groups excluding carboxylic acids is 5. The normalized spacial score (nSPS) is 15.4. The maximum atomic E-state index is 13.7. The van der Waals surface area contributed by atoms with E-state index in [1.807, 2.05) is 12.1 Å². The zero-order valence-electron chi connectivity index (χ0n) is 29.5. The Morgan fingerprint density at radius 3 is 2.32 bits per heavy atom. The number of carbonyl (C=O) groups is 5. The Morgan fingerprint density at radius 1 is 0.943 bits per heavy atom. The summed E-state index contributed by atoms with van der Waals surface area (Å²) in [6.45, 7) is 8.00. The zero-order valence-corrected chi connectivity index (χ0v) is 30.3. The van der Waals surface area contributed by atoms with Gasteiger partial charge in [0.25, 0.3) is 0 Å². The van der Waals surface area contributed by atoms with Gasteiger partial charge >= 0.3 is 17.8 Å². The first kappa shape index (κ1) is 37.1. The van der Waals surface area contributed by atoms with Crippen LogP contribution in [-0.4, -0.2) is 92.5 Å². The number of benzene rings is 3. The van der Waals surface area contributed by atoms with E-state index in [0.29, 0.717) is 41.5 Å². The van der Waals surface area contributed by atoms with Crippen molar-refractivity contribution in [3.63, 3.8) is 0 Å². The van der Waals surface area contributed by atoms with Gasteiger partial charge in [-0.15, -0.1) is 5.10 Å². The third-order valence-corrected chi connectivity index (χ3v) is 8.85. The number of rotatable bonds is 11. The lowest BCUT2D eigenvalue weighted by Crippen LogP contribution is -2.51. The van der Waals surface area contributed by atoms with Crippen LogP contribution in [0.15, 0.2) is 73.1 Å². The summed E-state index contributed by atoms with van der Waals surface area (Å²) in [4.78, 5) is 69.7. The number of anilines is 3. The predicted octanol–water partition coefficient (Wildman–Crippen LogP) is 3.63. The Labute approximate surface area is 311 Å². The molecule has 15 nitrogen and oxygen atoms in total. The van der Waals surface area contributed by atoms with Crippen molar-refractivity contribution in [2.75, 3.05) is 41.7 Å². The van der Waals surface area contributed by atoms with Gasteiger partial charge in [-0.05, 0) is 110 Å². The van der Waals surface area contributed by atoms with Crippen LogP contribution < -0.4 is 20.9 Å². The number of ether oxygens (including phenoxy) is 1. The van der Waals surface area contributed by atoms with E-state index in [-0.39, 0.29) is 23.0 Å². The molecule has 0 unspecified atom stereocenters. The summed E-state index contributed by atoms with van der Waals surface area (Å²) in [6.07, 6.45) is 3.78. The van der Waals surface area contributed by atoms with Crippen LogP contribution in [0.3, 0.4) is 0 Å². The monoisotopic (exact) mass is 741 g/mol.